The number of nitrogens with zero attached hydrogens (tertiary/aromatic N) is 2. The number of amides is 2. The van der Waals surface area contributed by atoms with Crippen molar-refractivity contribution < 1.29 is 23.8 Å². The number of benzene rings is 2. The number of carbonyl (C=O) groups is 2. The van der Waals surface area contributed by atoms with Crippen LogP contribution in [0, 0.1) is 5.92 Å². The van der Waals surface area contributed by atoms with E-state index >= 15 is 0 Å². The number of halogens is 2. The maximum absolute atomic E-state index is 13.1. The third kappa shape index (κ3) is 4.20. The van der Waals surface area contributed by atoms with E-state index in [1.54, 1.807) is 36.2 Å². The number of methoxy groups -OCH3 is 3. The molecule has 1 unspecified atom stereocenters. The maximum atomic E-state index is 13.1. The normalized spacial score (nSPS) is 15.9. The second-order valence-electron chi connectivity index (χ2n) is 6.78. The first-order valence-electron chi connectivity index (χ1n) is 9.13. The van der Waals surface area contributed by atoms with Crippen LogP contribution in [0.5, 0.6) is 17.2 Å². The van der Waals surface area contributed by atoms with Crippen molar-refractivity contribution in [3.63, 3.8) is 0 Å². The molecule has 2 aromatic carbocycles. The third-order valence-corrected chi connectivity index (χ3v) is 5.83. The van der Waals surface area contributed by atoms with Gasteiger partial charge in [-0.1, -0.05) is 27.5 Å². The van der Waals surface area contributed by atoms with E-state index in [0.29, 0.717) is 33.6 Å². The molecule has 0 radical (unpaired) electrons. The van der Waals surface area contributed by atoms with Gasteiger partial charge in [-0.2, -0.15) is 0 Å². The van der Waals surface area contributed by atoms with Gasteiger partial charge in [-0.25, -0.2) is 0 Å². The van der Waals surface area contributed by atoms with Gasteiger partial charge in [0.15, 0.2) is 11.5 Å². The predicted octanol–water partition coefficient (Wildman–Crippen LogP) is 4.14. The molecule has 7 nitrogen and oxygen atoms in total. The highest BCUT2D eigenvalue weighted by Crippen LogP contribution is 2.42. The van der Waals surface area contributed by atoms with Crippen LogP contribution in [0.25, 0.3) is 0 Å². The van der Waals surface area contributed by atoms with Crippen LogP contribution in [0.4, 0.5) is 11.4 Å². The lowest BCUT2D eigenvalue weighted by Gasteiger charge is -2.23. The van der Waals surface area contributed by atoms with Crippen molar-refractivity contribution in [3.8, 4) is 17.2 Å². The van der Waals surface area contributed by atoms with Crippen molar-refractivity contribution in [2.75, 3.05) is 44.7 Å². The zero-order chi connectivity index (χ0) is 22.0. The fourth-order valence-corrected chi connectivity index (χ4v) is 4.29. The summed E-state index contributed by atoms with van der Waals surface area (Å²) in [6.45, 7) is 0.245. The molecule has 0 N–H and O–H groups in total. The zero-order valence-corrected chi connectivity index (χ0v) is 19.4. The lowest BCUT2D eigenvalue weighted by Crippen LogP contribution is -2.34. The van der Waals surface area contributed by atoms with Crippen LogP contribution in [0.2, 0.25) is 5.02 Å². The van der Waals surface area contributed by atoms with Crippen molar-refractivity contribution in [1.29, 1.82) is 0 Å². The van der Waals surface area contributed by atoms with Crippen LogP contribution in [0.15, 0.2) is 34.8 Å². The van der Waals surface area contributed by atoms with Gasteiger partial charge in [-0.3, -0.25) is 9.59 Å². The smallest absolute Gasteiger partial charge is 0.232 e. The van der Waals surface area contributed by atoms with Crippen LogP contribution < -0.4 is 24.0 Å². The maximum Gasteiger partial charge on any atom is 0.232 e. The van der Waals surface area contributed by atoms with Gasteiger partial charge in [0.1, 0.15) is 0 Å². The molecular weight excluding hydrogens is 476 g/mol. The fraction of sp³-hybridized carbons (Fsp3) is 0.333. The van der Waals surface area contributed by atoms with Crippen molar-refractivity contribution in [2.45, 2.75) is 6.42 Å². The van der Waals surface area contributed by atoms with Crippen LogP contribution in [0.1, 0.15) is 6.42 Å². The van der Waals surface area contributed by atoms with Gasteiger partial charge < -0.3 is 24.0 Å². The minimum absolute atomic E-state index is 0.105. The molecule has 30 heavy (non-hydrogen) atoms. The molecule has 1 aliphatic heterocycles. The molecule has 1 fully saturated rings. The Morgan fingerprint density at radius 1 is 1.13 bits per heavy atom. The molecule has 3 rings (SSSR count). The van der Waals surface area contributed by atoms with Gasteiger partial charge >= 0.3 is 0 Å². The quantitative estimate of drug-likeness (QED) is 0.600. The van der Waals surface area contributed by atoms with Crippen LogP contribution in [-0.2, 0) is 9.59 Å². The van der Waals surface area contributed by atoms with Crippen molar-refractivity contribution in [3.05, 3.63) is 39.8 Å². The molecule has 1 aliphatic rings. The molecule has 0 aliphatic carbocycles. The minimum atomic E-state index is -0.499. The molecule has 0 spiro atoms. The molecule has 2 amide bonds. The Kier molecular flexibility index (Phi) is 6.77. The third-order valence-electron chi connectivity index (χ3n) is 5.04. The predicted molar refractivity (Wildman–Crippen MR) is 119 cm³/mol. The standard InChI is InChI=1S/C21H22BrClN2O5/c1-24(16-6-5-13(22)8-15(16)23)21(27)12-7-19(26)25(11-12)14-9-17(28-2)20(30-4)18(10-14)29-3/h5-6,8-10,12H,7,11H2,1-4H3. The lowest BCUT2D eigenvalue weighted by atomic mass is 10.1. The van der Waals surface area contributed by atoms with E-state index in [-0.39, 0.29) is 24.8 Å². The van der Waals surface area contributed by atoms with E-state index in [1.807, 2.05) is 6.07 Å². The summed E-state index contributed by atoms with van der Waals surface area (Å²) in [5.74, 6) is 0.482. The molecular formula is C21H22BrClN2O5. The summed E-state index contributed by atoms with van der Waals surface area (Å²) in [6.07, 6.45) is 0.105. The van der Waals surface area contributed by atoms with Gasteiger partial charge in [0.25, 0.3) is 0 Å². The molecule has 1 heterocycles. The van der Waals surface area contributed by atoms with E-state index in [1.165, 1.54) is 26.2 Å². The minimum Gasteiger partial charge on any atom is -0.493 e. The first-order valence-corrected chi connectivity index (χ1v) is 10.3. The van der Waals surface area contributed by atoms with Crippen molar-refractivity contribution in [1.82, 2.24) is 0 Å². The number of hydrogen-bond donors (Lipinski definition) is 0. The number of carbonyl (C=O) groups excluding carboxylic acids is 2. The second-order valence-corrected chi connectivity index (χ2v) is 8.10. The van der Waals surface area contributed by atoms with E-state index in [9.17, 15) is 9.59 Å². The average Bonchev–Trinajstić information content (AvgIpc) is 3.13. The average molecular weight is 498 g/mol. The first kappa shape index (κ1) is 22.2. The van der Waals surface area contributed by atoms with Crippen LogP contribution >= 0.6 is 27.5 Å². The summed E-state index contributed by atoms with van der Waals surface area (Å²) in [7, 11) is 6.19. The van der Waals surface area contributed by atoms with Crippen molar-refractivity contribution in [2.24, 2.45) is 5.92 Å². The molecule has 0 saturated carbocycles. The zero-order valence-electron chi connectivity index (χ0n) is 17.1. The van der Waals surface area contributed by atoms with Gasteiger partial charge in [-0.15, -0.1) is 0 Å². The summed E-state index contributed by atoms with van der Waals surface area (Å²) in [5, 5.41) is 0.450. The Hall–Kier alpha value is -2.45. The summed E-state index contributed by atoms with van der Waals surface area (Å²) in [5.41, 5.74) is 1.16. The molecule has 9 heteroatoms. The number of ether oxygens (including phenoxy) is 3. The van der Waals surface area contributed by atoms with Gasteiger partial charge in [0.05, 0.1) is 43.6 Å². The largest absolute Gasteiger partial charge is 0.493 e. The Morgan fingerprint density at radius 3 is 2.30 bits per heavy atom. The summed E-state index contributed by atoms with van der Waals surface area (Å²) in [6, 6.07) is 8.69. The fourth-order valence-electron chi connectivity index (χ4n) is 3.49. The van der Waals surface area contributed by atoms with E-state index in [4.69, 9.17) is 25.8 Å². The summed E-state index contributed by atoms with van der Waals surface area (Å²) in [4.78, 5) is 28.8. The van der Waals surface area contributed by atoms with Crippen LogP contribution in [-0.4, -0.2) is 46.7 Å². The van der Waals surface area contributed by atoms with Gasteiger partial charge in [0, 0.05) is 36.6 Å². The monoisotopic (exact) mass is 496 g/mol. The number of rotatable bonds is 6. The summed E-state index contributed by atoms with van der Waals surface area (Å²) < 4.78 is 16.9. The van der Waals surface area contributed by atoms with Crippen molar-refractivity contribution >= 4 is 50.7 Å². The topological polar surface area (TPSA) is 68.3 Å². The Bertz CT molecular complexity index is 959. The second kappa shape index (κ2) is 9.14. The molecule has 1 saturated heterocycles. The van der Waals surface area contributed by atoms with E-state index < -0.39 is 5.92 Å². The molecule has 2 aromatic rings. The molecule has 1 atom stereocenters. The number of hydrogen-bond acceptors (Lipinski definition) is 5. The Labute approximate surface area is 188 Å². The lowest BCUT2D eigenvalue weighted by molar-refractivity contribution is -0.124. The molecule has 160 valence electrons. The highest BCUT2D eigenvalue weighted by atomic mass is 79.9. The van der Waals surface area contributed by atoms with E-state index in [2.05, 4.69) is 15.9 Å². The molecule has 0 bridgehead atoms. The summed E-state index contributed by atoms with van der Waals surface area (Å²) >= 11 is 9.64. The number of anilines is 2. The first-order chi connectivity index (χ1) is 14.3. The molecule has 0 aromatic heterocycles. The van der Waals surface area contributed by atoms with Crippen LogP contribution in [0.3, 0.4) is 0 Å². The highest BCUT2D eigenvalue weighted by molar-refractivity contribution is 9.10. The SMILES string of the molecule is COc1cc(N2CC(C(=O)N(C)c3ccc(Br)cc3Cl)CC2=O)cc(OC)c1OC. The van der Waals surface area contributed by atoms with E-state index in [0.717, 1.165) is 4.47 Å². The van der Waals surface area contributed by atoms with Gasteiger partial charge in [0.2, 0.25) is 17.6 Å². The highest BCUT2D eigenvalue weighted by Gasteiger charge is 2.37. The van der Waals surface area contributed by atoms with Gasteiger partial charge in [-0.05, 0) is 18.2 Å². The Balaban J connectivity index is 1.85. The Morgan fingerprint density at radius 2 is 1.77 bits per heavy atom.